The van der Waals surface area contributed by atoms with Gasteiger partial charge < -0.3 is 4.74 Å². The van der Waals surface area contributed by atoms with Gasteiger partial charge in [-0.15, -0.1) is 0 Å². The van der Waals surface area contributed by atoms with Crippen LogP contribution in [0.15, 0.2) is 78.2 Å². The molecule has 0 bridgehead atoms. The van der Waals surface area contributed by atoms with Crippen LogP contribution in [-0.2, 0) is 0 Å². The van der Waals surface area contributed by atoms with Gasteiger partial charge in [0.15, 0.2) is 0 Å². The number of pyridine rings is 1. The van der Waals surface area contributed by atoms with Gasteiger partial charge in [0.25, 0.3) is 5.91 Å². The lowest BCUT2D eigenvalue weighted by molar-refractivity contribution is 0.0734. The van der Waals surface area contributed by atoms with Crippen molar-refractivity contribution < 1.29 is 14.3 Å². The number of esters is 1. The molecule has 27 heavy (non-hydrogen) atoms. The number of halogens is 1. The molecule has 0 radical (unpaired) electrons. The molecule has 1 amide bonds. The van der Waals surface area contributed by atoms with Crippen LogP contribution < -0.4 is 10.2 Å². The Morgan fingerprint density at radius 1 is 1.04 bits per heavy atom. The minimum Gasteiger partial charge on any atom is -0.423 e. The summed E-state index contributed by atoms with van der Waals surface area (Å²) in [7, 11) is 0. The molecule has 0 aliphatic carbocycles. The highest BCUT2D eigenvalue weighted by atomic mass is 35.5. The number of nitrogens with zero attached hydrogens (tertiary/aromatic N) is 2. The molecule has 3 aromatic rings. The molecular formula is C20H14ClN3O3. The van der Waals surface area contributed by atoms with E-state index in [1.807, 2.05) is 0 Å². The molecule has 2 aromatic carbocycles. The van der Waals surface area contributed by atoms with Gasteiger partial charge in [-0.05, 0) is 42.0 Å². The number of hydrazone groups is 1. The van der Waals surface area contributed by atoms with E-state index in [9.17, 15) is 9.59 Å². The van der Waals surface area contributed by atoms with Gasteiger partial charge in [0.1, 0.15) is 5.75 Å². The lowest BCUT2D eigenvalue weighted by atomic mass is 10.2. The number of hydrogen-bond donors (Lipinski definition) is 1. The van der Waals surface area contributed by atoms with Crippen molar-refractivity contribution in [3.63, 3.8) is 0 Å². The zero-order chi connectivity index (χ0) is 19.1. The molecule has 1 N–H and O–H groups in total. The molecule has 0 saturated carbocycles. The number of benzene rings is 2. The molecule has 0 fully saturated rings. The normalized spacial score (nSPS) is 10.6. The maximum Gasteiger partial charge on any atom is 0.345 e. The van der Waals surface area contributed by atoms with Crippen molar-refractivity contribution in [3.05, 3.63) is 94.8 Å². The van der Waals surface area contributed by atoms with E-state index in [-0.39, 0.29) is 11.5 Å². The summed E-state index contributed by atoms with van der Waals surface area (Å²) in [6, 6.07) is 16.5. The van der Waals surface area contributed by atoms with E-state index in [0.717, 1.165) is 0 Å². The molecule has 0 aliphatic heterocycles. The van der Waals surface area contributed by atoms with E-state index in [0.29, 0.717) is 21.9 Å². The number of hydrogen-bond acceptors (Lipinski definition) is 5. The zero-order valence-electron chi connectivity index (χ0n) is 14.0. The van der Waals surface area contributed by atoms with E-state index >= 15 is 0 Å². The van der Waals surface area contributed by atoms with E-state index in [2.05, 4.69) is 15.5 Å². The quantitative estimate of drug-likeness (QED) is 0.317. The second-order valence-corrected chi connectivity index (χ2v) is 5.78. The van der Waals surface area contributed by atoms with E-state index in [1.165, 1.54) is 18.6 Å². The third kappa shape index (κ3) is 4.99. The first-order chi connectivity index (χ1) is 13.1. The molecular weight excluding hydrogens is 366 g/mol. The number of ether oxygens (including phenoxy) is 1. The molecule has 0 unspecified atom stereocenters. The van der Waals surface area contributed by atoms with Crippen molar-refractivity contribution in [1.82, 2.24) is 10.4 Å². The maximum atomic E-state index is 12.2. The molecule has 1 heterocycles. The van der Waals surface area contributed by atoms with Crippen LogP contribution in [0.3, 0.4) is 0 Å². The number of aromatic nitrogens is 1. The maximum absolute atomic E-state index is 12.2. The van der Waals surface area contributed by atoms with Gasteiger partial charge in [-0.1, -0.05) is 35.9 Å². The Balaban J connectivity index is 1.64. The van der Waals surface area contributed by atoms with Crippen molar-refractivity contribution in [2.24, 2.45) is 5.10 Å². The predicted molar refractivity (Wildman–Crippen MR) is 102 cm³/mol. The molecule has 0 saturated heterocycles. The van der Waals surface area contributed by atoms with E-state index in [1.54, 1.807) is 60.7 Å². The largest absolute Gasteiger partial charge is 0.423 e. The van der Waals surface area contributed by atoms with Crippen LogP contribution in [-0.4, -0.2) is 23.1 Å². The second kappa shape index (κ2) is 8.73. The Morgan fingerprint density at radius 3 is 2.59 bits per heavy atom. The summed E-state index contributed by atoms with van der Waals surface area (Å²) in [6.07, 6.45) is 4.50. The van der Waals surface area contributed by atoms with Crippen LogP contribution in [0.2, 0.25) is 5.02 Å². The predicted octanol–water partition coefficient (Wildman–Crippen LogP) is 3.72. The Kier molecular flexibility index (Phi) is 5.91. The van der Waals surface area contributed by atoms with Gasteiger partial charge in [0, 0.05) is 18.0 Å². The lowest BCUT2D eigenvalue weighted by Crippen LogP contribution is -2.17. The summed E-state index contributed by atoms with van der Waals surface area (Å²) in [5.74, 6) is -0.569. The van der Waals surface area contributed by atoms with Gasteiger partial charge in [-0.2, -0.15) is 5.10 Å². The Bertz CT molecular complexity index is 991. The summed E-state index contributed by atoms with van der Waals surface area (Å²) in [5, 5.41) is 4.22. The average Bonchev–Trinajstić information content (AvgIpc) is 2.69. The summed E-state index contributed by atoms with van der Waals surface area (Å²) in [5.41, 5.74) is 3.80. The monoisotopic (exact) mass is 379 g/mol. The Morgan fingerprint density at radius 2 is 1.81 bits per heavy atom. The fourth-order valence-corrected chi connectivity index (χ4v) is 2.39. The number of carbonyl (C=O) groups is 2. The fraction of sp³-hybridized carbons (Fsp3) is 0. The topological polar surface area (TPSA) is 80.6 Å². The van der Waals surface area contributed by atoms with Crippen molar-refractivity contribution in [3.8, 4) is 5.75 Å². The molecule has 134 valence electrons. The molecule has 0 aliphatic rings. The van der Waals surface area contributed by atoms with Crippen molar-refractivity contribution >= 4 is 29.7 Å². The highest BCUT2D eigenvalue weighted by Crippen LogP contribution is 2.19. The third-order valence-corrected chi connectivity index (χ3v) is 3.81. The fourth-order valence-electron chi connectivity index (χ4n) is 2.18. The lowest BCUT2D eigenvalue weighted by Gasteiger charge is -2.06. The van der Waals surface area contributed by atoms with Gasteiger partial charge in [-0.3, -0.25) is 9.78 Å². The summed E-state index contributed by atoms with van der Waals surface area (Å²) in [4.78, 5) is 28.0. The van der Waals surface area contributed by atoms with Crippen LogP contribution in [0.1, 0.15) is 26.3 Å². The molecule has 0 atom stereocenters. The Hall–Kier alpha value is -3.51. The smallest absolute Gasteiger partial charge is 0.345 e. The molecule has 7 heteroatoms. The standard InChI is InChI=1S/C20H14ClN3O3/c21-18-7-2-1-6-17(18)20(26)27-16-5-3-4-14(12-16)13-23-24-19(25)15-8-10-22-11-9-15/h1-13H,(H,24,25)/b23-13+. The van der Waals surface area contributed by atoms with Crippen molar-refractivity contribution in [2.45, 2.75) is 0 Å². The van der Waals surface area contributed by atoms with Crippen molar-refractivity contribution in [1.29, 1.82) is 0 Å². The van der Waals surface area contributed by atoms with E-state index in [4.69, 9.17) is 16.3 Å². The first kappa shape index (κ1) is 18.3. The number of nitrogens with one attached hydrogen (secondary N) is 1. The highest BCUT2D eigenvalue weighted by Gasteiger charge is 2.12. The second-order valence-electron chi connectivity index (χ2n) is 5.38. The molecule has 6 nitrogen and oxygen atoms in total. The number of rotatable bonds is 5. The van der Waals surface area contributed by atoms with Crippen molar-refractivity contribution in [2.75, 3.05) is 0 Å². The first-order valence-electron chi connectivity index (χ1n) is 7.94. The highest BCUT2D eigenvalue weighted by molar-refractivity contribution is 6.33. The third-order valence-electron chi connectivity index (χ3n) is 3.48. The molecule has 1 aromatic heterocycles. The first-order valence-corrected chi connectivity index (χ1v) is 8.31. The molecule has 0 spiro atoms. The van der Waals surface area contributed by atoms with Gasteiger partial charge in [-0.25, -0.2) is 10.2 Å². The summed E-state index contributed by atoms with van der Waals surface area (Å²) in [6.45, 7) is 0. The van der Waals surface area contributed by atoms with Crippen LogP contribution >= 0.6 is 11.6 Å². The van der Waals surface area contributed by atoms with Crippen LogP contribution in [0.5, 0.6) is 5.75 Å². The summed E-state index contributed by atoms with van der Waals surface area (Å²) >= 11 is 6.00. The minimum absolute atomic E-state index is 0.280. The van der Waals surface area contributed by atoms with Gasteiger partial charge >= 0.3 is 5.97 Å². The van der Waals surface area contributed by atoms with Gasteiger partial charge in [0.2, 0.25) is 0 Å². The number of carbonyl (C=O) groups excluding carboxylic acids is 2. The number of amides is 1. The van der Waals surface area contributed by atoms with Gasteiger partial charge in [0.05, 0.1) is 16.8 Å². The van der Waals surface area contributed by atoms with E-state index < -0.39 is 5.97 Å². The molecule has 3 rings (SSSR count). The average molecular weight is 380 g/mol. The van der Waals surface area contributed by atoms with Crippen LogP contribution in [0, 0.1) is 0 Å². The van der Waals surface area contributed by atoms with Crippen LogP contribution in [0.4, 0.5) is 0 Å². The van der Waals surface area contributed by atoms with Crippen LogP contribution in [0.25, 0.3) is 0 Å². The Labute approximate surface area is 160 Å². The zero-order valence-corrected chi connectivity index (χ0v) is 14.8. The minimum atomic E-state index is -0.555. The summed E-state index contributed by atoms with van der Waals surface area (Å²) < 4.78 is 5.34. The SMILES string of the molecule is O=C(N/N=C/c1cccc(OC(=O)c2ccccc2Cl)c1)c1ccncc1.